The molecular weight excluding hydrogens is 330 g/mol. The molecule has 0 bridgehead atoms. The normalized spacial score (nSPS) is 20.6. The Morgan fingerprint density at radius 1 is 1.42 bits per heavy atom. The Morgan fingerprint density at radius 3 is 2.96 bits per heavy atom. The van der Waals surface area contributed by atoms with E-state index >= 15 is 0 Å². The summed E-state index contributed by atoms with van der Waals surface area (Å²) < 4.78 is 4.90. The first kappa shape index (κ1) is 18.2. The summed E-state index contributed by atoms with van der Waals surface area (Å²) in [5.41, 5.74) is 2.08. The number of methoxy groups -OCH3 is 1. The van der Waals surface area contributed by atoms with Crippen LogP contribution in [-0.2, 0) is 16.0 Å². The quantitative estimate of drug-likeness (QED) is 0.369. The highest BCUT2D eigenvalue weighted by atomic mass is 16.5. The average Bonchev–Trinajstić information content (AvgIpc) is 3.24. The summed E-state index contributed by atoms with van der Waals surface area (Å²) in [6.45, 7) is 4.34. The Labute approximate surface area is 153 Å². The van der Waals surface area contributed by atoms with E-state index in [0.717, 1.165) is 48.7 Å². The number of nitrogens with one attached hydrogen (secondary N) is 2. The first-order valence-electron chi connectivity index (χ1n) is 9.09. The Kier molecular flexibility index (Phi) is 5.75. The molecule has 2 aromatic rings. The van der Waals surface area contributed by atoms with Crippen molar-refractivity contribution in [2.45, 2.75) is 19.8 Å². The highest BCUT2D eigenvalue weighted by Crippen LogP contribution is 2.24. The minimum absolute atomic E-state index is 0.0888. The van der Waals surface area contributed by atoms with Crippen LogP contribution >= 0.6 is 0 Å². The van der Waals surface area contributed by atoms with Crippen molar-refractivity contribution in [2.75, 3.05) is 33.8 Å². The van der Waals surface area contributed by atoms with Crippen molar-refractivity contribution >= 4 is 23.0 Å². The number of ether oxygens (including phenoxy) is 1. The van der Waals surface area contributed by atoms with Gasteiger partial charge in [0.1, 0.15) is 5.82 Å². The average molecular weight is 357 g/mol. The lowest BCUT2D eigenvalue weighted by molar-refractivity contribution is -0.145. The molecule has 26 heavy (non-hydrogen) atoms. The summed E-state index contributed by atoms with van der Waals surface area (Å²) in [6.07, 6.45) is 1.82. The maximum Gasteiger partial charge on any atom is 0.310 e. The van der Waals surface area contributed by atoms with Gasteiger partial charge in [-0.2, -0.15) is 0 Å². The maximum atomic E-state index is 11.9. The molecule has 1 aliphatic rings. The SMILES string of the molecule is CN=C(NCCCc1nc2ccccc2[nH]1)N1CC(C)C(C(=O)OC)C1. The molecular formula is C19H27N5O2. The van der Waals surface area contributed by atoms with Crippen molar-refractivity contribution in [3.8, 4) is 0 Å². The molecule has 0 spiro atoms. The molecule has 1 saturated heterocycles. The number of aryl methyl sites for hydroxylation is 1. The van der Waals surface area contributed by atoms with Gasteiger partial charge >= 0.3 is 5.97 Å². The number of fused-ring (bicyclic) bond motifs is 1. The number of hydrogen-bond donors (Lipinski definition) is 2. The number of esters is 1. The third-order valence-electron chi connectivity index (χ3n) is 4.94. The van der Waals surface area contributed by atoms with Gasteiger partial charge in [-0.25, -0.2) is 4.98 Å². The van der Waals surface area contributed by atoms with Crippen LogP contribution in [0.2, 0.25) is 0 Å². The van der Waals surface area contributed by atoms with E-state index < -0.39 is 0 Å². The fraction of sp³-hybridized carbons (Fsp3) is 0.526. The van der Waals surface area contributed by atoms with E-state index in [0.29, 0.717) is 6.54 Å². The number of aromatic nitrogens is 2. The molecule has 140 valence electrons. The van der Waals surface area contributed by atoms with Gasteiger partial charge in [0.2, 0.25) is 0 Å². The molecule has 3 rings (SSSR count). The molecule has 0 amide bonds. The first-order valence-corrected chi connectivity index (χ1v) is 9.09. The number of likely N-dealkylation sites (tertiary alicyclic amines) is 1. The summed E-state index contributed by atoms with van der Waals surface area (Å²) >= 11 is 0. The predicted molar refractivity (Wildman–Crippen MR) is 102 cm³/mol. The number of nitrogens with zero attached hydrogens (tertiary/aromatic N) is 3. The second-order valence-electron chi connectivity index (χ2n) is 6.79. The van der Waals surface area contributed by atoms with E-state index in [9.17, 15) is 4.79 Å². The van der Waals surface area contributed by atoms with Crippen molar-refractivity contribution < 1.29 is 9.53 Å². The molecule has 2 heterocycles. The minimum atomic E-state index is -0.139. The van der Waals surface area contributed by atoms with Crippen LogP contribution in [0.4, 0.5) is 0 Å². The molecule has 7 nitrogen and oxygen atoms in total. The van der Waals surface area contributed by atoms with Crippen LogP contribution in [0.25, 0.3) is 11.0 Å². The zero-order valence-corrected chi connectivity index (χ0v) is 15.7. The molecule has 1 aromatic carbocycles. The van der Waals surface area contributed by atoms with Crippen molar-refractivity contribution in [1.82, 2.24) is 20.2 Å². The molecule has 2 N–H and O–H groups in total. The van der Waals surface area contributed by atoms with Crippen LogP contribution in [0.3, 0.4) is 0 Å². The van der Waals surface area contributed by atoms with Gasteiger partial charge < -0.3 is 19.9 Å². The van der Waals surface area contributed by atoms with E-state index in [2.05, 4.69) is 32.1 Å². The molecule has 1 aromatic heterocycles. The van der Waals surface area contributed by atoms with Gasteiger partial charge in [-0.3, -0.25) is 9.79 Å². The molecule has 0 aliphatic carbocycles. The molecule has 0 saturated carbocycles. The summed E-state index contributed by atoms with van der Waals surface area (Å²) in [5.74, 6) is 1.88. The first-order chi connectivity index (χ1) is 12.6. The maximum absolute atomic E-state index is 11.9. The van der Waals surface area contributed by atoms with Gasteiger partial charge in [-0.1, -0.05) is 19.1 Å². The van der Waals surface area contributed by atoms with Crippen LogP contribution in [0.5, 0.6) is 0 Å². The summed E-state index contributed by atoms with van der Waals surface area (Å²) in [7, 11) is 3.22. The molecule has 1 aliphatic heterocycles. The minimum Gasteiger partial charge on any atom is -0.469 e. The highest BCUT2D eigenvalue weighted by Gasteiger charge is 2.36. The standard InChI is InChI=1S/C19H27N5O2/c1-13-11-24(12-14(13)18(25)26-3)19(20-2)21-10-6-9-17-22-15-7-4-5-8-16(15)23-17/h4-5,7-8,13-14H,6,9-12H2,1-3H3,(H,20,21)(H,22,23). The lowest BCUT2D eigenvalue weighted by Gasteiger charge is -2.21. The van der Waals surface area contributed by atoms with E-state index in [1.807, 2.05) is 24.3 Å². The van der Waals surface area contributed by atoms with Gasteiger partial charge in [-0.05, 0) is 24.5 Å². The number of guanidine groups is 1. The zero-order chi connectivity index (χ0) is 18.5. The molecule has 2 atom stereocenters. The van der Waals surface area contributed by atoms with Crippen molar-refractivity contribution in [3.63, 3.8) is 0 Å². The Bertz CT molecular complexity index is 752. The van der Waals surface area contributed by atoms with Crippen molar-refractivity contribution in [3.05, 3.63) is 30.1 Å². The smallest absolute Gasteiger partial charge is 0.310 e. The Morgan fingerprint density at radius 2 is 2.23 bits per heavy atom. The van der Waals surface area contributed by atoms with Crippen molar-refractivity contribution in [2.24, 2.45) is 16.8 Å². The monoisotopic (exact) mass is 357 g/mol. The second-order valence-corrected chi connectivity index (χ2v) is 6.79. The number of imidazole rings is 1. The van der Waals surface area contributed by atoms with E-state index in [1.165, 1.54) is 7.11 Å². The number of H-pyrrole nitrogens is 1. The van der Waals surface area contributed by atoms with Crippen LogP contribution in [-0.4, -0.2) is 60.6 Å². The Balaban J connectivity index is 1.48. The summed E-state index contributed by atoms with van der Waals surface area (Å²) in [5, 5.41) is 3.40. The highest BCUT2D eigenvalue weighted by molar-refractivity contribution is 5.82. The lowest BCUT2D eigenvalue weighted by atomic mass is 9.99. The topological polar surface area (TPSA) is 82.6 Å². The largest absolute Gasteiger partial charge is 0.469 e. The molecule has 1 fully saturated rings. The summed E-state index contributed by atoms with van der Waals surface area (Å²) in [4.78, 5) is 26.3. The number of para-hydroxylation sites is 2. The third kappa shape index (κ3) is 3.98. The lowest BCUT2D eigenvalue weighted by Crippen LogP contribution is -2.41. The number of carbonyl (C=O) groups is 1. The van der Waals surface area contributed by atoms with E-state index in [4.69, 9.17) is 4.74 Å². The molecule has 0 radical (unpaired) electrons. The van der Waals surface area contributed by atoms with Gasteiger partial charge in [0.05, 0.1) is 24.1 Å². The predicted octanol–water partition coefficient (Wildman–Crippen LogP) is 1.81. The van der Waals surface area contributed by atoms with Crippen LogP contribution < -0.4 is 5.32 Å². The van der Waals surface area contributed by atoms with Gasteiger partial charge in [-0.15, -0.1) is 0 Å². The fourth-order valence-electron chi connectivity index (χ4n) is 3.51. The van der Waals surface area contributed by atoms with E-state index in [-0.39, 0.29) is 17.8 Å². The van der Waals surface area contributed by atoms with Gasteiger partial charge in [0.25, 0.3) is 0 Å². The van der Waals surface area contributed by atoms with Gasteiger partial charge in [0, 0.05) is 33.1 Å². The number of benzene rings is 1. The van der Waals surface area contributed by atoms with Crippen molar-refractivity contribution in [1.29, 1.82) is 0 Å². The fourth-order valence-corrected chi connectivity index (χ4v) is 3.51. The molecule has 2 unspecified atom stereocenters. The van der Waals surface area contributed by atoms with E-state index in [1.54, 1.807) is 7.05 Å². The number of hydrogen-bond acceptors (Lipinski definition) is 4. The van der Waals surface area contributed by atoms with Crippen LogP contribution in [0.15, 0.2) is 29.3 Å². The molecule has 7 heteroatoms. The van der Waals surface area contributed by atoms with Gasteiger partial charge in [0.15, 0.2) is 5.96 Å². The number of aromatic amines is 1. The summed E-state index contributed by atoms with van der Waals surface area (Å²) in [6, 6.07) is 8.06. The number of rotatable bonds is 5. The number of carbonyl (C=O) groups excluding carboxylic acids is 1. The zero-order valence-electron chi connectivity index (χ0n) is 15.7. The number of aliphatic imine (C=N–C) groups is 1. The third-order valence-corrected chi connectivity index (χ3v) is 4.94. The van der Waals surface area contributed by atoms with Crippen LogP contribution in [0.1, 0.15) is 19.2 Å². The van der Waals surface area contributed by atoms with Crippen LogP contribution in [0, 0.1) is 11.8 Å². The second kappa shape index (κ2) is 8.21. The Hall–Kier alpha value is -2.57.